The summed E-state index contributed by atoms with van der Waals surface area (Å²) in [6.45, 7) is 2.49. The summed E-state index contributed by atoms with van der Waals surface area (Å²) in [5.74, 6) is -0.195. The Morgan fingerprint density at radius 1 is 0.943 bits per heavy atom. The van der Waals surface area contributed by atoms with Crippen LogP contribution in [0.2, 0.25) is 0 Å². The number of carbonyl (C=O) groups excluding carboxylic acids is 1. The van der Waals surface area contributed by atoms with Gasteiger partial charge in [-0.25, -0.2) is 9.67 Å². The average molecular weight is 482 g/mol. The zero-order valence-corrected chi connectivity index (χ0v) is 19.9. The van der Waals surface area contributed by atoms with E-state index in [0.717, 1.165) is 26.8 Å². The predicted molar refractivity (Wildman–Crippen MR) is 138 cm³/mol. The zero-order chi connectivity index (χ0) is 24.2. The number of aromatic nitrogens is 4. The lowest BCUT2D eigenvalue weighted by atomic mass is 10.2. The number of nitrogens with one attached hydrogen (secondary N) is 1. The van der Waals surface area contributed by atoms with Gasteiger partial charge in [0.2, 0.25) is 0 Å². The van der Waals surface area contributed by atoms with E-state index >= 15 is 0 Å². The molecule has 5 rings (SSSR count). The van der Waals surface area contributed by atoms with E-state index < -0.39 is 0 Å². The maximum atomic E-state index is 12.6. The van der Waals surface area contributed by atoms with Crippen molar-refractivity contribution in [3.63, 3.8) is 0 Å². The molecule has 8 heteroatoms. The maximum Gasteiger partial charge on any atom is 0.266 e. The van der Waals surface area contributed by atoms with E-state index in [4.69, 9.17) is 0 Å². The van der Waals surface area contributed by atoms with Gasteiger partial charge in [0, 0.05) is 41.8 Å². The van der Waals surface area contributed by atoms with E-state index in [1.54, 1.807) is 29.5 Å². The Labute approximate surface area is 206 Å². The van der Waals surface area contributed by atoms with Crippen molar-refractivity contribution < 1.29 is 4.79 Å². The molecule has 0 spiro atoms. The van der Waals surface area contributed by atoms with Crippen LogP contribution in [0.15, 0.2) is 96.1 Å². The molecule has 0 radical (unpaired) electrons. The SMILES string of the molecule is Cc1nc(-c2ccccc2)sc1-c1ccc(=O)n(CCNC(=O)c2ccc(-n3cccc3)cc2)n1. The van der Waals surface area contributed by atoms with Gasteiger partial charge in [-0.05, 0) is 49.4 Å². The molecule has 0 aliphatic rings. The van der Waals surface area contributed by atoms with Crippen LogP contribution in [0.5, 0.6) is 0 Å². The molecule has 7 nitrogen and oxygen atoms in total. The second kappa shape index (κ2) is 9.90. The summed E-state index contributed by atoms with van der Waals surface area (Å²) in [4.78, 5) is 30.5. The van der Waals surface area contributed by atoms with Crippen LogP contribution < -0.4 is 10.9 Å². The molecular formula is C27H23N5O2S. The highest BCUT2D eigenvalue weighted by Crippen LogP contribution is 2.33. The molecule has 0 aliphatic heterocycles. The molecule has 1 N–H and O–H groups in total. The smallest absolute Gasteiger partial charge is 0.266 e. The first-order chi connectivity index (χ1) is 17.1. The highest BCUT2D eigenvalue weighted by molar-refractivity contribution is 7.18. The molecule has 3 heterocycles. The lowest BCUT2D eigenvalue weighted by Gasteiger charge is -2.09. The van der Waals surface area contributed by atoms with Gasteiger partial charge in [0.15, 0.2) is 0 Å². The van der Waals surface area contributed by atoms with Crippen LogP contribution in [0.3, 0.4) is 0 Å². The highest BCUT2D eigenvalue weighted by Gasteiger charge is 2.14. The Kier molecular flexibility index (Phi) is 6.36. The van der Waals surface area contributed by atoms with E-state index in [-0.39, 0.29) is 24.6 Å². The summed E-state index contributed by atoms with van der Waals surface area (Å²) in [7, 11) is 0. The first kappa shape index (κ1) is 22.5. The number of aryl methyl sites for hydroxylation is 1. The fraction of sp³-hybridized carbons (Fsp3) is 0.111. The van der Waals surface area contributed by atoms with Crippen LogP contribution >= 0.6 is 11.3 Å². The van der Waals surface area contributed by atoms with E-state index in [1.807, 2.05) is 78.5 Å². The second-order valence-corrected chi connectivity index (χ2v) is 8.97. The number of nitrogens with zero attached hydrogens (tertiary/aromatic N) is 4. The van der Waals surface area contributed by atoms with Crippen molar-refractivity contribution in [3.8, 4) is 26.8 Å². The van der Waals surface area contributed by atoms with Gasteiger partial charge in [-0.1, -0.05) is 30.3 Å². The van der Waals surface area contributed by atoms with Gasteiger partial charge in [0.25, 0.3) is 11.5 Å². The van der Waals surface area contributed by atoms with Crippen LogP contribution in [-0.2, 0) is 6.54 Å². The molecular weight excluding hydrogens is 458 g/mol. The fourth-order valence-electron chi connectivity index (χ4n) is 3.74. The Bertz CT molecular complexity index is 1500. The third kappa shape index (κ3) is 4.97. The second-order valence-electron chi connectivity index (χ2n) is 7.97. The monoisotopic (exact) mass is 481 g/mol. The number of hydrogen-bond donors (Lipinski definition) is 1. The molecule has 5 aromatic rings. The lowest BCUT2D eigenvalue weighted by molar-refractivity contribution is 0.0951. The zero-order valence-electron chi connectivity index (χ0n) is 19.1. The minimum Gasteiger partial charge on any atom is -0.350 e. The summed E-state index contributed by atoms with van der Waals surface area (Å²) in [6, 6.07) is 24.5. The van der Waals surface area contributed by atoms with Crippen LogP contribution in [0, 0.1) is 6.92 Å². The predicted octanol–water partition coefficient (Wildman–Crippen LogP) is 4.56. The summed E-state index contributed by atoms with van der Waals surface area (Å²) in [6.07, 6.45) is 3.90. The van der Waals surface area contributed by atoms with E-state index in [0.29, 0.717) is 11.3 Å². The molecule has 35 heavy (non-hydrogen) atoms. The van der Waals surface area contributed by atoms with Crippen molar-refractivity contribution in [2.45, 2.75) is 13.5 Å². The van der Waals surface area contributed by atoms with Crippen molar-refractivity contribution in [1.29, 1.82) is 0 Å². The fourth-order valence-corrected chi connectivity index (χ4v) is 4.77. The molecule has 0 bridgehead atoms. The van der Waals surface area contributed by atoms with E-state index in [9.17, 15) is 9.59 Å². The highest BCUT2D eigenvalue weighted by atomic mass is 32.1. The lowest BCUT2D eigenvalue weighted by Crippen LogP contribution is -2.31. The standard InChI is InChI=1S/C27H23N5O2S/c1-19-25(35-27(29-19)21-7-3-2-4-8-21)23-13-14-24(33)32(30-23)18-15-28-26(34)20-9-11-22(12-10-20)31-16-5-6-17-31/h2-14,16-17H,15,18H2,1H3,(H,28,34). The van der Waals surface area contributed by atoms with E-state index in [2.05, 4.69) is 15.4 Å². The topological polar surface area (TPSA) is 81.8 Å². The summed E-state index contributed by atoms with van der Waals surface area (Å²) in [5, 5.41) is 8.32. The molecule has 0 unspecified atom stereocenters. The number of rotatable bonds is 7. The third-order valence-electron chi connectivity index (χ3n) is 5.56. The van der Waals surface area contributed by atoms with Crippen molar-refractivity contribution in [2.24, 2.45) is 0 Å². The van der Waals surface area contributed by atoms with Gasteiger partial charge >= 0.3 is 0 Å². The average Bonchev–Trinajstić information content (AvgIpc) is 3.56. The van der Waals surface area contributed by atoms with Gasteiger partial charge in [-0.3, -0.25) is 9.59 Å². The summed E-state index contributed by atoms with van der Waals surface area (Å²) in [5.41, 5.74) is 3.92. The van der Waals surface area contributed by atoms with Gasteiger partial charge in [-0.2, -0.15) is 5.10 Å². The molecule has 0 saturated carbocycles. The van der Waals surface area contributed by atoms with Gasteiger partial charge in [0.1, 0.15) is 10.7 Å². The first-order valence-electron chi connectivity index (χ1n) is 11.2. The van der Waals surface area contributed by atoms with Crippen LogP contribution in [0.4, 0.5) is 0 Å². The van der Waals surface area contributed by atoms with Gasteiger partial charge in [-0.15, -0.1) is 11.3 Å². The number of amides is 1. The normalized spacial score (nSPS) is 10.9. The maximum absolute atomic E-state index is 12.6. The van der Waals surface area contributed by atoms with Crippen LogP contribution in [0.1, 0.15) is 16.1 Å². The molecule has 1 amide bonds. The van der Waals surface area contributed by atoms with Crippen molar-refractivity contribution in [3.05, 3.63) is 113 Å². The Morgan fingerprint density at radius 2 is 1.69 bits per heavy atom. The number of thiazole rings is 1. The molecule has 0 saturated heterocycles. The molecule has 0 aliphatic carbocycles. The van der Waals surface area contributed by atoms with Crippen molar-refractivity contribution >= 4 is 17.2 Å². The van der Waals surface area contributed by atoms with Crippen LogP contribution in [-0.4, -0.2) is 31.8 Å². The minimum absolute atomic E-state index is 0.195. The van der Waals surface area contributed by atoms with Crippen molar-refractivity contribution in [1.82, 2.24) is 24.6 Å². The first-order valence-corrected chi connectivity index (χ1v) is 12.0. The third-order valence-corrected chi connectivity index (χ3v) is 6.79. The summed E-state index contributed by atoms with van der Waals surface area (Å²) < 4.78 is 3.35. The van der Waals surface area contributed by atoms with Crippen molar-refractivity contribution in [2.75, 3.05) is 6.54 Å². The largest absolute Gasteiger partial charge is 0.350 e. The number of carbonyl (C=O) groups is 1. The molecule has 174 valence electrons. The minimum atomic E-state index is -0.218. The molecule has 0 fully saturated rings. The Hall–Kier alpha value is -4.30. The molecule has 3 aromatic heterocycles. The Balaban J connectivity index is 1.26. The molecule has 0 atom stereocenters. The summed E-state index contributed by atoms with van der Waals surface area (Å²) >= 11 is 1.55. The Morgan fingerprint density at radius 3 is 2.43 bits per heavy atom. The van der Waals surface area contributed by atoms with E-state index in [1.165, 1.54) is 10.7 Å². The quantitative estimate of drug-likeness (QED) is 0.369. The number of hydrogen-bond acceptors (Lipinski definition) is 5. The van der Waals surface area contributed by atoms with Crippen LogP contribution in [0.25, 0.3) is 26.8 Å². The molecule has 2 aromatic carbocycles. The van der Waals surface area contributed by atoms with Gasteiger partial charge < -0.3 is 9.88 Å². The van der Waals surface area contributed by atoms with Gasteiger partial charge in [0.05, 0.1) is 17.1 Å². The number of benzene rings is 2.